The molecular weight excluding hydrogens is 366 g/mol. The van der Waals surface area contributed by atoms with Gasteiger partial charge in [0.25, 0.3) is 0 Å². The van der Waals surface area contributed by atoms with Gasteiger partial charge < -0.3 is 25.1 Å². The van der Waals surface area contributed by atoms with Crippen molar-refractivity contribution in [2.75, 3.05) is 13.7 Å². The molecule has 1 saturated heterocycles. The van der Waals surface area contributed by atoms with E-state index in [0.717, 1.165) is 18.8 Å². The molecule has 4 aliphatic carbocycles. The van der Waals surface area contributed by atoms with Crippen LogP contribution < -0.4 is 11.1 Å². The van der Waals surface area contributed by atoms with Crippen LogP contribution in [0.5, 0.6) is 0 Å². The number of carbonyl (C=O) groups excluding carboxylic acids is 1. The fourth-order valence-electron chi connectivity index (χ4n) is 5.57. The van der Waals surface area contributed by atoms with E-state index in [1.165, 1.54) is 19.3 Å². The molecule has 1 unspecified atom stereocenters. The minimum absolute atomic E-state index is 0. The molecule has 1 aliphatic heterocycles. The first-order valence-electron chi connectivity index (χ1n) is 10.1. The molecule has 0 aromatic carbocycles. The van der Waals surface area contributed by atoms with Crippen LogP contribution in [0, 0.1) is 23.2 Å². The number of rotatable bonds is 7. The summed E-state index contributed by atoms with van der Waals surface area (Å²) in [4.78, 5) is 12.4. The lowest BCUT2D eigenvalue weighted by atomic mass is 9.43. The van der Waals surface area contributed by atoms with Crippen LogP contribution in [0.3, 0.4) is 0 Å². The van der Waals surface area contributed by atoms with Gasteiger partial charge >= 0.3 is 7.12 Å². The molecule has 154 valence electrons. The van der Waals surface area contributed by atoms with Crippen LogP contribution in [0.15, 0.2) is 0 Å². The van der Waals surface area contributed by atoms with Crippen LogP contribution in [0.2, 0.25) is 0 Å². The van der Waals surface area contributed by atoms with Gasteiger partial charge in [-0.25, -0.2) is 0 Å². The summed E-state index contributed by atoms with van der Waals surface area (Å²) in [5.74, 6) is 1.58. The van der Waals surface area contributed by atoms with Crippen LogP contribution in [-0.4, -0.2) is 50.4 Å². The quantitative estimate of drug-likeness (QED) is 0.638. The minimum atomic E-state index is -0.660. The van der Waals surface area contributed by atoms with E-state index in [9.17, 15) is 4.79 Å². The Kier molecular flexibility index (Phi) is 5.93. The highest BCUT2D eigenvalue weighted by atomic mass is 35.5. The highest BCUT2D eigenvalue weighted by Crippen LogP contribution is 2.65. The van der Waals surface area contributed by atoms with Crippen molar-refractivity contribution in [2.45, 2.75) is 76.6 Å². The molecule has 6 atom stereocenters. The van der Waals surface area contributed by atoms with Gasteiger partial charge in [-0.2, -0.15) is 0 Å². The van der Waals surface area contributed by atoms with Gasteiger partial charge in [-0.1, -0.05) is 26.7 Å². The fourth-order valence-corrected chi connectivity index (χ4v) is 5.57. The summed E-state index contributed by atoms with van der Waals surface area (Å²) in [6.45, 7) is 7.15. The lowest BCUT2D eigenvalue weighted by Crippen LogP contribution is -2.65. The lowest BCUT2D eigenvalue weighted by molar-refractivity contribution is -0.199. The zero-order chi connectivity index (χ0) is 18.7. The van der Waals surface area contributed by atoms with Crippen molar-refractivity contribution in [1.82, 2.24) is 5.32 Å². The number of nitrogens with one attached hydrogen (secondary N) is 1. The molecule has 0 radical (unpaired) electrons. The molecular formula is C19H34BClN2O4. The predicted octanol–water partition coefficient (Wildman–Crippen LogP) is 1.93. The summed E-state index contributed by atoms with van der Waals surface area (Å²) in [6, 6.07) is -0.660. The second-order valence-corrected chi connectivity index (χ2v) is 9.69. The monoisotopic (exact) mass is 400 g/mol. The SMILES string of the molecule is COCC(N)C(=O)N[C@@H](CC1CC1)B1O[C@@H]2C[C@@H]3C[C@@H](C3(C)C)[C@]2(C)O1.Cl. The molecule has 0 aromatic heterocycles. The van der Waals surface area contributed by atoms with E-state index < -0.39 is 6.04 Å². The molecule has 1 heterocycles. The van der Waals surface area contributed by atoms with Gasteiger partial charge in [-0.05, 0) is 49.4 Å². The van der Waals surface area contributed by atoms with Crippen molar-refractivity contribution in [1.29, 1.82) is 0 Å². The first kappa shape index (κ1) is 21.4. The van der Waals surface area contributed by atoms with E-state index in [1.54, 1.807) is 7.11 Å². The van der Waals surface area contributed by atoms with E-state index in [1.807, 2.05) is 0 Å². The Morgan fingerprint density at radius 1 is 1.33 bits per heavy atom. The number of hydrogen-bond acceptors (Lipinski definition) is 5. The van der Waals surface area contributed by atoms with Gasteiger partial charge in [0.05, 0.1) is 24.3 Å². The maximum atomic E-state index is 12.4. The molecule has 5 fully saturated rings. The van der Waals surface area contributed by atoms with E-state index in [0.29, 0.717) is 17.3 Å². The highest BCUT2D eigenvalue weighted by molar-refractivity contribution is 6.47. The van der Waals surface area contributed by atoms with Gasteiger partial charge in [0, 0.05) is 7.11 Å². The topological polar surface area (TPSA) is 82.8 Å². The minimum Gasteiger partial charge on any atom is -0.404 e. The third-order valence-electron chi connectivity index (χ3n) is 7.59. The zero-order valence-electron chi connectivity index (χ0n) is 16.9. The molecule has 6 nitrogen and oxygen atoms in total. The average molecular weight is 401 g/mol. The number of methoxy groups -OCH3 is 1. The van der Waals surface area contributed by atoms with E-state index in [-0.39, 0.29) is 49.7 Å². The first-order chi connectivity index (χ1) is 12.3. The average Bonchev–Trinajstić information content (AvgIpc) is 3.31. The third kappa shape index (κ3) is 3.66. The van der Waals surface area contributed by atoms with Crippen molar-refractivity contribution in [3.8, 4) is 0 Å². The molecule has 27 heavy (non-hydrogen) atoms. The number of amides is 1. The Balaban J connectivity index is 0.00000210. The van der Waals surface area contributed by atoms with Gasteiger partial charge in [-0.15, -0.1) is 12.4 Å². The number of nitrogens with two attached hydrogens (primary N) is 1. The van der Waals surface area contributed by atoms with Crippen molar-refractivity contribution in [3.05, 3.63) is 0 Å². The van der Waals surface area contributed by atoms with Crippen LogP contribution >= 0.6 is 12.4 Å². The molecule has 0 aromatic rings. The Hall–Kier alpha value is -0.335. The number of halogens is 1. The number of carbonyl (C=O) groups is 1. The molecule has 8 heteroatoms. The smallest absolute Gasteiger partial charge is 0.404 e. The van der Waals surface area contributed by atoms with Crippen LogP contribution in [0.1, 0.15) is 52.9 Å². The van der Waals surface area contributed by atoms with Gasteiger partial charge in [0.15, 0.2) is 0 Å². The predicted molar refractivity (Wildman–Crippen MR) is 106 cm³/mol. The molecule has 4 saturated carbocycles. The molecule has 0 spiro atoms. The maximum Gasteiger partial charge on any atom is 0.481 e. The van der Waals surface area contributed by atoms with Crippen LogP contribution in [0.25, 0.3) is 0 Å². The Morgan fingerprint density at radius 2 is 2.04 bits per heavy atom. The summed E-state index contributed by atoms with van der Waals surface area (Å²) in [7, 11) is 1.18. The van der Waals surface area contributed by atoms with Crippen LogP contribution in [0.4, 0.5) is 0 Å². The zero-order valence-corrected chi connectivity index (χ0v) is 17.7. The number of ether oxygens (including phenoxy) is 1. The van der Waals surface area contributed by atoms with Crippen molar-refractivity contribution in [2.24, 2.45) is 28.9 Å². The summed E-state index contributed by atoms with van der Waals surface area (Å²) in [6.07, 6.45) is 5.77. The van der Waals surface area contributed by atoms with Crippen LogP contribution in [-0.2, 0) is 18.8 Å². The summed E-state index contributed by atoms with van der Waals surface area (Å²) in [5, 5.41) is 3.10. The Labute approximate surface area is 169 Å². The summed E-state index contributed by atoms with van der Waals surface area (Å²) in [5.41, 5.74) is 5.98. The van der Waals surface area contributed by atoms with E-state index >= 15 is 0 Å². The lowest BCUT2D eigenvalue weighted by Gasteiger charge is -2.64. The van der Waals surface area contributed by atoms with E-state index in [2.05, 4.69) is 26.1 Å². The molecule has 1 amide bonds. The summed E-state index contributed by atoms with van der Waals surface area (Å²) >= 11 is 0. The number of hydrogen-bond donors (Lipinski definition) is 2. The molecule has 5 aliphatic rings. The Bertz CT molecular complexity index is 576. The van der Waals surface area contributed by atoms with Crippen molar-refractivity contribution >= 4 is 25.4 Å². The molecule has 5 rings (SSSR count). The third-order valence-corrected chi connectivity index (χ3v) is 7.59. The van der Waals surface area contributed by atoms with Gasteiger partial charge in [0.1, 0.15) is 6.04 Å². The largest absolute Gasteiger partial charge is 0.481 e. The van der Waals surface area contributed by atoms with Gasteiger partial charge in [0.2, 0.25) is 5.91 Å². The Morgan fingerprint density at radius 3 is 2.63 bits per heavy atom. The second-order valence-electron chi connectivity index (χ2n) is 9.69. The molecule has 3 N–H and O–H groups in total. The molecule has 2 bridgehead atoms. The van der Waals surface area contributed by atoms with E-state index in [4.69, 9.17) is 19.8 Å². The second kappa shape index (κ2) is 7.49. The fraction of sp³-hybridized carbons (Fsp3) is 0.947. The van der Waals surface area contributed by atoms with Gasteiger partial charge in [-0.3, -0.25) is 4.79 Å². The highest BCUT2D eigenvalue weighted by Gasteiger charge is 2.68. The van der Waals surface area contributed by atoms with Crippen molar-refractivity contribution in [3.63, 3.8) is 0 Å². The first-order valence-corrected chi connectivity index (χ1v) is 10.1. The van der Waals surface area contributed by atoms with Crippen molar-refractivity contribution < 1.29 is 18.8 Å². The summed E-state index contributed by atoms with van der Waals surface area (Å²) < 4.78 is 18.0. The normalized spacial score (nSPS) is 38.3. The standard InChI is InChI=1S/C19H33BN2O4.ClH/c1-18(2)12-8-14(18)19(3)15(9-12)25-20(26-19)16(7-11-5-6-11)22-17(23)13(21)10-24-4;/h11-16H,5-10,21H2,1-4H3,(H,22,23);1H/t12-,13?,14-,15+,16-,19-;/m0./s1. The maximum absolute atomic E-state index is 12.4.